The molecule has 0 atom stereocenters. The predicted molar refractivity (Wildman–Crippen MR) is 277 cm³/mol. The highest BCUT2D eigenvalue weighted by Gasteiger charge is 2.29. The third-order valence-corrected chi connectivity index (χ3v) is 13.0. The molecule has 0 bridgehead atoms. The lowest BCUT2D eigenvalue weighted by atomic mass is 9.77. The lowest BCUT2D eigenvalue weighted by Crippen LogP contribution is -2.21. The minimum atomic E-state index is -1.06. The van der Waals surface area contributed by atoms with Crippen LogP contribution in [0.1, 0.15) is 117 Å². The normalized spacial score (nSPS) is 11.0. The molecule has 0 spiro atoms. The van der Waals surface area contributed by atoms with Crippen molar-refractivity contribution in [2.45, 2.75) is 70.6 Å². The minimum absolute atomic E-state index is 0.0180. The molecular formula is C59H66O14. The Morgan fingerprint density at radius 1 is 0.384 bits per heavy atom. The van der Waals surface area contributed by atoms with E-state index in [9.17, 15) is 34.2 Å². The maximum atomic E-state index is 12.2. The molecule has 0 saturated carbocycles. The van der Waals surface area contributed by atoms with Gasteiger partial charge in [-0.25, -0.2) is 14.4 Å². The Hall–Kier alpha value is -8.13. The SMILES string of the molecule is COC(=O)Cc1ccc(C(C)(C)c2ccc(OC)cc2)cc1C(=O)O.COC(=O)Cc1ccc(C(C)(C)c2ccc(OC)cc2)cc1C(=O)OC.COC(=O)c1cc(C(C)(C)c2ccc(OC)cc2)ccc1O. The van der Waals surface area contributed by atoms with E-state index in [4.69, 9.17) is 28.4 Å². The van der Waals surface area contributed by atoms with Crippen molar-refractivity contribution in [1.29, 1.82) is 0 Å². The first-order chi connectivity index (χ1) is 34.5. The highest BCUT2D eigenvalue weighted by molar-refractivity contribution is 5.94. The van der Waals surface area contributed by atoms with Gasteiger partial charge in [-0.05, 0) is 105 Å². The number of carbonyl (C=O) groups excluding carboxylic acids is 4. The first kappa shape index (κ1) is 57.4. The molecule has 0 saturated heterocycles. The second kappa shape index (κ2) is 25.3. The lowest BCUT2D eigenvalue weighted by Gasteiger charge is -2.27. The van der Waals surface area contributed by atoms with Crippen molar-refractivity contribution in [2.24, 2.45) is 0 Å². The second-order valence-electron chi connectivity index (χ2n) is 18.3. The quantitative estimate of drug-likeness (QED) is 0.0688. The molecular weight excluding hydrogens is 933 g/mol. The molecule has 14 nitrogen and oxygen atoms in total. The zero-order valence-electron chi connectivity index (χ0n) is 43.8. The monoisotopic (exact) mass is 998 g/mol. The Balaban J connectivity index is 0.000000238. The lowest BCUT2D eigenvalue weighted by molar-refractivity contribution is -0.140. The van der Waals surface area contributed by atoms with Gasteiger partial charge < -0.3 is 43.4 Å². The van der Waals surface area contributed by atoms with E-state index in [2.05, 4.69) is 32.4 Å². The summed E-state index contributed by atoms with van der Waals surface area (Å²) in [5.74, 6) is -0.705. The van der Waals surface area contributed by atoms with Gasteiger partial charge in [0.15, 0.2) is 0 Å². The van der Waals surface area contributed by atoms with Crippen molar-refractivity contribution in [2.75, 3.05) is 49.8 Å². The molecule has 0 amide bonds. The van der Waals surface area contributed by atoms with Crippen LogP contribution in [-0.4, -0.2) is 89.8 Å². The summed E-state index contributed by atoms with van der Waals surface area (Å²) in [6, 6.07) is 38.9. The third kappa shape index (κ3) is 14.3. The van der Waals surface area contributed by atoms with Crippen LogP contribution in [0.3, 0.4) is 0 Å². The molecule has 0 fully saturated rings. The molecule has 0 radical (unpaired) electrons. The number of hydrogen-bond acceptors (Lipinski definition) is 13. The van der Waals surface area contributed by atoms with Gasteiger partial charge in [-0.2, -0.15) is 0 Å². The topological polar surface area (TPSA) is 190 Å². The maximum absolute atomic E-state index is 12.2. The molecule has 0 heterocycles. The Kier molecular flexibility index (Phi) is 19.9. The Labute approximate surface area is 427 Å². The van der Waals surface area contributed by atoms with Crippen molar-refractivity contribution in [3.63, 3.8) is 0 Å². The van der Waals surface area contributed by atoms with Crippen LogP contribution in [0.4, 0.5) is 0 Å². The fraction of sp³-hybridized carbons (Fsp3) is 0.305. The Morgan fingerprint density at radius 3 is 0.986 bits per heavy atom. The van der Waals surface area contributed by atoms with Crippen molar-refractivity contribution in [3.05, 3.63) is 189 Å². The van der Waals surface area contributed by atoms with E-state index in [1.54, 1.807) is 51.7 Å². The smallest absolute Gasteiger partial charge is 0.341 e. The summed E-state index contributed by atoms with van der Waals surface area (Å²) < 4.78 is 34.5. The zero-order valence-corrected chi connectivity index (χ0v) is 43.8. The summed E-state index contributed by atoms with van der Waals surface area (Å²) in [6.45, 7) is 12.3. The van der Waals surface area contributed by atoms with Crippen LogP contribution in [0.25, 0.3) is 0 Å². The van der Waals surface area contributed by atoms with E-state index in [1.165, 1.54) is 34.5 Å². The van der Waals surface area contributed by atoms with Gasteiger partial charge in [0.1, 0.15) is 28.6 Å². The molecule has 6 rings (SSSR count). The van der Waals surface area contributed by atoms with E-state index < -0.39 is 35.3 Å². The van der Waals surface area contributed by atoms with Crippen LogP contribution in [0.5, 0.6) is 23.0 Å². The fourth-order valence-corrected chi connectivity index (χ4v) is 7.91. The average Bonchev–Trinajstić information content (AvgIpc) is 3.40. The van der Waals surface area contributed by atoms with Crippen molar-refractivity contribution < 1.29 is 67.3 Å². The predicted octanol–water partition coefficient (Wildman–Crippen LogP) is 10.5. The number of aromatic hydroxyl groups is 1. The van der Waals surface area contributed by atoms with E-state index in [0.29, 0.717) is 16.7 Å². The highest BCUT2D eigenvalue weighted by atomic mass is 16.5. The summed E-state index contributed by atoms with van der Waals surface area (Å²) in [7, 11) is 10.1. The number of phenolic OH excluding ortho intramolecular Hbond substituents is 1. The van der Waals surface area contributed by atoms with E-state index in [1.807, 2.05) is 105 Å². The standard InChI is InChI=1S/C21H24O5.C20H22O5.C18H20O4/c1-21(2,15-8-10-17(24-3)11-9-15)16-7-6-14(12-19(22)25-4)18(13-16)20(23)26-5;1-20(2,14-7-9-16(24-3)10-8-14)15-6-5-13(11-18(21)25-4)17(12-15)19(22)23;1-18(2,12-5-8-14(21-3)9-6-12)13-7-10-16(19)15(11-13)17(20)22-4/h6-11,13H,12H2,1-5H3;5-10,12H,11H2,1-4H3,(H,22,23);5-11,19H,1-4H3. The second-order valence-corrected chi connectivity index (χ2v) is 18.3. The number of carbonyl (C=O) groups is 5. The van der Waals surface area contributed by atoms with Crippen LogP contribution in [0.15, 0.2) is 127 Å². The number of rotatable bonds is 16. The number of methoxy groups -OCH3 is 7. The number of benzene rings is 6. The summed E-state index contributed by atoms with van der Waals surface area (Å²) in [4.78, 5) is 58.7. The molecule has 0 aromatic heterocycles. The van der Waals surface area contributed by atoms with E-state index >= 15 is 0 Å². The number of hydrogen-bond donors (Lipinski definition) is 2. The fourth-order valence-electron chi connectivity index (χ4n) is 7.91. The number of aromatic carboxylic acids is 1. The molecule has 386 valence electrons. The van der Waals surface area contributed by atoms with Gasteiger partial charge >= 0.3 is 29.8 Å². The maximum Gasteiger partial charge on any atom is 0.341 e. The number of ether oxygens (including phenoxy) is 7. The number of phenols is 1. The van der Waals surface area contributed by atoms with Gasteiger partial charge in [-0.1, -0.05) is 108 Å². The molecule has 6 aromatic carbocycles. The largest absolute Gasteiger partial charge is 0.507 e. The summed E-state index contributed by atoms with van der Waals surface area (Å²) in [6.07, 6.45) is -0.0500. The molecule has 14 heteroatoms. The first-order valence-corrected chi connectivity index (χ1v) is 23.1. The zero-order chi connectivity index (χ0) is 54.3. The third-order valence-electron chi connectivity index (χ3n) is 13.0. The van der Waals surface area contributed by atoms with Crippen LogP contribution < -0.4 is 14.2 Å². The van der Waals surface area contributed by atoms with Crippen LogP contribution >= 0.6 is 0 Å². The van der Waals surface area contributed by atoms with Crippen LogP contribution in [0, 0.1) is 0 Å². The van der Waals surface area contributed by atoms with Gasteiger partial charge in [-0.3, -0.25) is 9.59 Å². The number of carboxylic acids is 1. The Morgan fingerprint density at radius 2 is 0.671 bits per heavy atom. The van der Waals surface area contributed by atoms with Gasteiger partial charge in [0.2, 0.25) is 0 Å². The molecule has 6 aromatic rings. The molecule has 0 unspecified atom stereocenters. The summed E-state index contributed by atoms with van der Waals surface area (Å²) in [5, 5.41) is 19.3. The molecule has 0 aliphatic heterocycles. The number of carboxylic acid groups (broad SMARTS) is 1. The molecule has 73 heavy (non-hydrogen) atoms. The van der Waals surface area contributed by atoms with Crippen molar-refractivity contribution >= 4 is 29.8 Å². The Bertz CT molecular complexity index is 2860. The molecule has 0 aliphatic rings. The van der Waals surface area contributed by atoms with Crippen molar-refractivity contribution in [1.82, 2.24) is 0 Å². The van der Waals surface area contributed by atoms with Gasteiger partial charge in [0.05, 0.1) is 73.7 Å². The van der Waals surface area contributed by atoms with Gasteiger partial charge in [0.25, 0.3) is 0 Å². The molecule has 0 aliphatic carbocycles. The summed E-state index contributed by atoms with van der Waals surface area (Å²) >= 11 is 0. The van der Waals surface area contributed by atoms with Gasteiger partial charge in [0, 0.05) is 16.2 Å². The highest BCUT2D eigenvalue weighted by Crippen LogP contribution is 2.37. The first-order valence-electron chi connectivity index (χ1n) is 23.1. The van der Waals surface area contributed by atoms with Crippen LogP contribution in [0.2, 0.25) is 0 Å². The number of esters is 4. The average molecular weight is 999 g/mol. The minimum Gasteiger partial charge on any atom is -0.507 e. The van der Waals surface area contributed by atoms with Crippen molar-refractivity contribution in [3.8, 4) is 23.0 Å². The van der Waals surface area contributed by atoms with Gasteiger partial charge in [-0.15, -0.1) is 0 Å². The molecule has 2 N–H and O–H groups in total. The summed E-state index contributed by atoms with van der Waals surface area (Å²) in [5.41, 5.74) is 6.49. The van der Waals surface area contributed by atoms with E-state index in [-0.39, 0.29) is 40.5 Å². The van der Waals surface area contributed by atoms with Crippen LogP contribution in [-0.2, 0) is 57.6 Å². The van der Waals surface area contributed by atoms with E-state index in [0.717, 1.165) is 50.6 Å².